The van der Waals surface area contributed by atoms with Crippen LogP contribution < -0.4 is 11.1 Å². The Hall–Kier alpha value is -2.24. The Morgan fingerprint density at radius 3 is 3.00 bits per heavy atom. The molecule has 3 N–H and O–H groups in total. The molecule has 0 spiro atoms. The third-order valence-electron chi connectivity index (χ3n) is 3.33. The molecule has 1 saturated heterocycles. The van der Waals surface area contributed by atoms with Crippen LogP contribution in [0.2, 0.25) is 0 Å². The zero-order valence-corrected chi connectivity index (χ0v) is 11.5. The number of nitrogens with two attached hydrogens (primary N) is 1. The molecule has 1 aromatic rings. The van der Waals surface area contributed by atoms with Gasteiger partial charge >= 0.3 is 6.09 Å². The monoisotopic (exact) mass is 277 g/mol. The topological polar surface area (TPSA) is 84.7 Å². The molecule has 0 unspecified atom stereocenters. The maximum Gasteiger partial charge on any atom is 0.409 e. The molecule has 0 aliphatic carbocycles. The molecule has 2 amide bonds. The number of nitrogens with one attached hydrogen (secondary N) is 1. The highest BCUT2D eigenvalue weighted by atomic mass is 16.6. The summed E-state index contributed by atoms with van der Waals surface area (Å²) in [4.78, 5) is 24.7. The maximum atomic E-state index is 11.8. The van der Waals surface area contributed by atoms with Crippen molar-refractivity contribution >= 4 is 23.4 Å². The van der Waals surface area contributed by atoms with Crippen LogP contribution in [-0.4, -0.2) is 36.6 Å². The number of nitrogens with zero attached hydrogens (tertiary/aromatic N) is 1. The van der Waals surface area contributed by atoms with Crippen LogP contribution in [-0.2, 0) is 9.53 Å². The van der Waals surface area contributed by atoms with Crippen molar-refractivity contribution in [2.24, 2.45) is 0 Å². The quantitative estimate of drug-likeness (QED) is 0.803. The van der Waals surface area contributed by atoms with Crippen molar-refractivity contribution in [3.05, 3.63) is 23.8 Å². The third-order valence-corrected chi connectivity index (χ3v) is 3.33. The van der Waals surface area contributed by atoms with Gasteiger partial charge in [0.15, 0.2) is 0 Å². The average molecular weight is 277 g/mol. The molecule has 1 aliphatic rings. The van der Waals surface area contributed by atoms with Crippen LogP contribution in [0.15, 0.2) is 18.2 Å². The number of carbonyl (C=O) groups is 2. The van der Waals surface area contributed by atoms with Crippen molar-refractivity contribution in [3.8, 4) is 0 Å². The third kappa shape index (κ3) is 3.40. The molecule has 6 heteroatoms. The molecule has 1 aliphatic heterocycles. The Bertz CT molecular complexity index is 516. The van der Waals surface area contributed by atoms with Crippen LogP contribution in [0.25, 0.3) is 0 Å². The van der Waals surface area contributed by atoms with E-state index >= 15 is 0 Å². The first-order chi connectivity index (χ1) is 9.58. The summed E-state index contributed by atoms with van der Waals surface area (Å²) in [6, 6.07) is 5.42. The molecule has 0 atom stereocenters. The van der Waals surface area contributed by atoms with Gasteiger partial charge in [-0.3, -0.25) is 4.79 Å². The maximum absolute atomic E-state index is 11.8. The van der Waals surface area contributed by atoms with Crippen LogP contribution in [0.5, 0.6) is 0 Å². The summed E-state index contributed by atoms with van der Waals surface area (Å²) in [5.74, 6) is -0.0775. The highest BCUT2D eigenvalue weighted by Crippen LogP contribution is 2.20. The lowest BCUT2D eigenvalue weighted by Gasteiger charge is -2.13. The number of rotatable bonds is 5. The van der Waals surface area contributed by atoms with Gasteiger partial charge in [0.05, 0.1) is 6.54 Å². The van der Waals surface area contributed by atoms with Crippen LogP contribution in [0, 0.1) is 6.92 Å². The molecule has 2 rings (SSSR count). The van der Waals surface area contributed by atoms with E-state index in [0.29, 0.717) is 38.2 Å². The van der Waals surface area contributed by atoms with E-state index in [2.05, 4.69) is 5.32 Å². The number of hydrogen-bond donors (Lipinski definition) is 2. The molecule has 1 aromatic carbocycles. The van der Waals surface area contributed by atoms with Gasteiger partial charge in [0.25, 0.3) is 0 Å². The Morgan fingerprint density at radius 1 is 1.50 bits per heavy atom. The smallest absolute Gasteiger partial charge is 0.409 e. The summed E-state index contributed by atoms with van der Waals surface area (Å²) in [5, 5.41) is 2.83. The summed E-state index contributed by atoms with van der Waals surface area (Å²) < 4.78 is 4.82. The van der Waals surface area contributed by atoms with Crippen LogP contribution >= 0.6 is 0 Å². The van der Waals surface area contributed by atoms with Gasteiger partial charge in [-0.15, -0.1) is 0 Å². The number of cyclic esters (lactones) is 1. The minimum atomic E-state index is -0.294. The minimum absolute atomic E-state index is 0.0775. The molecular weight excluding hydrogens is 258 g/mol. The molecule has 108 valence electrons. The molecule has 0 radical (unpaired) electrons. The van der Waals surface area contributed by atoms with Gasteiger partial charge < -0.3 is 20.7 Å². The Kier molecular flexibility index (Phi) is 4.45. The van der Waals surface area contributed by atoms with Gasteiger partial charge in [0, 0.05) is 24.3 Å². The summed E-state index contributed by atoms with van der Waals surface area (Å²) in [7, 11) is 0. The molecular formula is C14H19N3O3. The number of anilines is 2. The van der Waals surface area contributed by atoms with E-state index in [9.17, 15) is 9.59 Å². The fraction of sp³-hybridized carbons (Fsp3) is 0.429. The van der Waals surface area contributed by atoms with E-state index in [0.717, 1.165) is 11.3 Å². The number of ether oxygens (including phenoxy) is 1. The van der Waals surface area contributed by atoms with Crippen LogP contribution in [0.3, 0.4) is 0 Å². The van der Waals surface area contributed by atoms with Crippen molar-refractivity contribution in [2.75, 3.05) is 30.7 Å². The zero-order valence-electron chi connectivity index (χ0n) is 11.5. The number of benzene rings is 1. The summed E-state index contributed by atoms with van der Waals surface area (Å²) in [6.07, 6.45) is 0.678. The Morgan fingerprint density at radius 2 is 2.30 bits per heavy atom. The first-order valence-electron chi connectivity index (χ1n) is 6.64. The van der Waals surface area contributed by atoms with Gasteiger partial charge in [-0.1, -0.05) is 6.07 Å². The Labute approximate surface area is 117 Å². The lowest BCUT2D eigenvalue weighted by molar-refractivity contribution is -0.116. The highest BCUT2D eigenvalue weighted by Gasteiger charge is 2.21. The number of hydrogen-bond acceptors (Lipinski definition) is 4. The standard InChI is InChI=1S/C14H19N3O3/c1-10-11(15)4-2-5-12(10)16-13(18)6-3-7-17-8-9-20-14(17)19/h2,4-5H,3,6-9,15H2,1H3,(H,16,18). The number of nitrogen functional groups attached to an aromatic ring is 1. The Balaban J connectivity index is 1.78. The second-order valence-corrected chi connectivity index (χ2v) is 4.77. The van der Waals surface area contributed by atoms with Gasteiger partial charge in [-0.2, -0.15) is 0 Å². The van der Waals surface area contributed by atoms with Gasteiger partial charge in [-0.05, 0) is 31.0 Å². The van der Waals surface area contributed by atoms with E-state index in [1.165, 1.54) is 0 Å². The summed E-state index contributed by atoms with van der Waals surface area (Å²) >= 11 is 0. The molecule has 20 heavy (non-hydrogen) atoms. The molecule has 1 fully saturated rings. The first-order valence-corrected chi connectivity index (χ1v) is 6.64. The van der Waals surface area contributed by atoms with Gasteiger partial charge in [-0.25, -0.2) is 4.79 Å². The zero-order chi connectivity index (χ0) is 14.5. The van der Waals surface area contributed by atoms with Crippen molar-refractivity contribution in [1.29, 1.82) is 0 Å². The van der Waals surface area contributed by atoms with Crippen molar-refractivity contribution in [1.82, 2.24) is 4.90 Å². The van der Waals surface area contributed by atoms with Crippen molar-refractivity contribution in [2.45, 2.75) is 19.8 Å². The van der Waals surface area contributed by atoms with Crippen LogP contribution in [0.1, 0.15) is 18.4 Å². The summed E-state index contributed by atoms with van der Waals surface area (Å²) in [5.41, 5.74) is 8.04. The predicted octanol–water partition coefficient (Wildman–Crippen LogP) is 1.75. The fourth-order valence-electron chi connectivity index (χ4n) is 2.06. The largest absolute Gasteiger partial charge is 0.448 e. The summed E-state index contributed by atoms with van der Waals surface area (Å²) in [6.45, 7) is 3.45. The molecule has 0 aromatic heterocycles. The number of carbonyl (C=O) groups excluding carboxylic acids is 2. The van der Waals surface area contributed by atoms with E-state index in [-0.39, 0.29) is 12.0 Å². The highest BCUT2D eigenvalue weighted by molar-refractivity contribution is 5.92. The molecule has 0 bridgehead atoms. The molecule has 0 saturated carbocycles. The second-order valence-electron chi connectivity index (χ2n) is 4.77. The molecule has 6 nitrogen and oxygen atoms in total. The van der Waals surface area contributed by atoms with E-state index < -0.39 is 0 Å². The minimum Gasteiger partial charge on any atom is -0.448 e. The van der Waals surface area contributed by atoms with Gasteiger partial charge in [0.1, 0.15) is 6.61 Å². The lowest BCUT2D eigenvalue weighted by Crippen LogP contribution is -2.26. The fourth-order valence-corrected chi connectivity index (χ4v) is 2.06. The van der Waals surface area contributed by atoms with Crippen molar-refractivity contribution < 1.29 is 14.3 Å². The first kappa shape index (κ1) is 14.2. The van der Waals surface area contributed by atoms with E-state index in [1.807, 2.05) is 13.0 Å². The normalized spacial score (nSPS) is 14.2. The predicted molar refractivity (Wildman–Crippen MR) is 76.4 cm³/mol. The molecule has 1 heterocycles. The van der Waals surface area contributed by atoms with Gasteiger partial charge in [0.2, 0.25) is 5.91 Å². The SMILES string of the molecule is Cc1c(N)cccc1NC(=O)CCCN1CCOC1=O. The second kappa shape index (κ2) is 6.27. The lowest BCUT2D eigenvalue weighted by atomic mass is 10.1. The van der Waals surface area contributed by atoms with Crippen LogP contribution in [0.4, 0.5) is 16.2 Å². The van der Waals surface area contributed by atoms with Crippen molar-refractivity contribution in [3.63, 3.8) is 0 Å². The van der Waals surface area contributed by atoms with E-state index in [4.69, 9.17) is 10.5 Å². The van der Waals surface area contributed by atoms with E-state index in [1.54, 1.807) is 17.0 Å². The number of amides is 2. The average Bonchev–Trinajstić information content (AvgIpc) is 2.81.